The van der Waals surface area contributed by atoms with Crippen molar-refractivity contribution in [3.05, 3.63) is 23.8 Å². The number of benzene rings is 1. The van der Waals surface area contributed by atoms with Gasteiger partial charge in [0.05, 0.1) is 29.6 Å². The lowest BCUT2D eigenvalue weighted by molar-refractivity contribution is -0.137. The molecule has 0 saturated carbocycles. The Morgan fingerprint density at radius 3 is 2.67 bits per heavy atom. The molecule has 0 aliphatic carbocycles. The first-order valence-electron chi connectivity index (χ1n) is 9.39. The van der Waals surface area contributed by atoms with Crippen LogP contribution in [0.4, 0.5) is 24.5 Å². The topological polar surface area (TPSA) is 50.8 Å². The molecule has 0 bridgehead atoms. The average molecular weight is 386 g/mol. The van der Waals surface area contributed by atoms with E-state index in [1.165, 1.54) is 6.07 Å². The summed E-state index contributed by atoms with van der Waals surface area (Å²) in [6, 6.07) is 3.51. The normalized spacial score (nSPS) is 20.7. The molecule has 8 heteroatoms. The summed E-state index contributed by atoms with van der Waals surface area (Å²) >= 11 is 0. The minimum absolute atomic E-state index is 0.00438. The summed E-state index contributed by atoms with van der Waals surface area (Å²) in [5.41, 5.74) is 0.0199. The van der Waals surface area contributed by atoms with Crippen LogP contribution in [0.15, 0.2) is 18.2 Å². The Bertz CT molecular complexity index is 640. The maximum Gasteiger partial charge on any atom is 0.416 e. The van der Waals surface area contributed by atoms with Crippen molar-refractivity contribution in [2.45, 2.75) is 44.4 Å². The quantitative estimate of drug-likeness (QED) is 0.807. The molecular formula is C19H25F3N2O3. The molecule has 2 aliphatic heterocycles. The molecule has 2 heterocycles. The molecule has 27 heavy (non-hydrogen) atoms. The van der Waals surface area contributed by atoms with Crippen LogP contribution in [0.1, 0.15) is 37.7 Å². The maximum absolute atomic E-state index is 13.1. The second-order valence-electron chi connectivity index (χ2n) is 6.98. The number of piperidine rings is 1. The van der Waals surface area contributed by atoms with Gasteiger partial charge in [0, 0.05) is 19.7 Å². The van der Waals surface area contributed by atoms with Crippen molar-refractivity contribution in [2.75, 3.05) is 43.1 Å². The van der Waals surface area contributed by atoms with Gasteiger partial charge in [0.15, 0.2) is 0 Å². The van der Waals surface area contributed by atoms with E-state index >= 15 is 0 Å². The van der Waals surface area contributed by atoms with Gasteiger partial charge in [0.2, 0.25) is 5.91 Å². The van der Waals surface area contributed by atoms with Crippen LogP contribution in [0.3, 0.4) is 0 Å². The smallest absolute Gasteiger partial charge is 0.376 e. The lowest BCUT2D eigenvalue weighted by Gasteiger charge is -2.31. The third-order valence-corrected chi connectivity index (χ3v) is 4.86. The van der Waals surface area contributed by atoms with Gasteiger partial charge in [-0.05, 0) is 50.3 Å². The molecule has 0 spiro atoms. The molecule has 1 amide bonds. The predicted octanol–water partition coefficient (Wildman–Crippen LogP) is 3.83. The molecule has 2 aliphatic rings. The van der Waals surface area contributed by atoms with E-state index in [2.05, 4.69) is 5.32 Å². The highest BCUT2D eigenvalue weighted by Gasteiger charge is 2.32. The molecule has 1 aromatic rings. The zero-order chi connectivity index (χ0) is 19.3. The Kier molecular flexibility index (Phi) is 6.59. The van der Waals surface area contributed by atoms with E-state index < -0.39 is 17.6 Å². The SMILES string of the molecule is O=C(COCC1CCCO1)Nc1cc(C(F)(F)F)ccc1N1CCCCC1. The Morgan fingerprint density at radius 2 is 2.00 bits per heavy atom. The van der Waals surface area contributed by atoms with Crippen molar-refractivity contribution in [1.82, 2.24) is 0 Å². The number of nitrogens with zero attached hydrogens (tertiary/aromatic N) is 1. The van der Waals surface area contributed by atoms with Gasteiger partial charge in [0.1, 0.15) is 6.61 Å². The number of amides is 1. The molecular weight excluding hydrogens is 361 g/mol. The molecule has 1 unspecified atom stereocenters. The first-order chi connectivity index (χ1) is 12.9. The third kappa shape index (κ3) is 5.59. The largest absolute Gasteiger partial charge is 0.416 e. The van der Waals surface area contributed by atoms with Crippen LogP contribution in [0.5, 0.6) is 0 Å². The average Bonchev–Trinajstić information content (AvgIpc) is 3.15. The van der Waals surface area contributed by atoms with Crippen molar-refractivity contribution in [1.29, 1.82) is 0 Å². The lowest BCUT2D eigenvalue weighted by Crippen LogP contribution is -2.31. The summed E-state index contributed by atoms with van der Waals surface area (Å²) in [7, 11) is 0. The van der Waals surface area contributed by atoms with Gasteiger partial charge in [0.25, 0.3) is 0 Å². The van der Waals surface area contributed by atoms with Crippen LogP contribution in [0.2, 0.25) is 0 Å². The zero-order valence-corrected chi connectivity index (χ0v) is 15.2. The molecule has 1 atom stereocenters. The summed E-state index contributed by atoms with van der Waals surface area (Å²) in [6.07, 6.45) is 0.484. The summed E-state index contributed by atoms with van der Waals surface area (Å²) < 4.78 is 50.0. The monoisotopic (exact) mass is 386 g/mol. The van der Waals surface area contributed by atoms with E-state index in [4.69, 9.17) is 9.47 Å². The van der Waals surface area contributed by atoms with Gasteiger partial charge in [-0.1, -0.05) is 0 Å². The van der Waals surface area contributed by atoms with Crippen LogP contribution in [-0.2, 0) is 20.4 Å². The number of carbonyl (C=O) groups is 1. The molecule has 3 rings (SSSR count). The highest BCUT2D eigenvalue weighted by Crippen LogP contribution is 2.36. The minimum atomic E-state index is -4.46. The lowest BCUT2D eigenvalue weighted by atomic mass is 10.1. The number of ether oxygens (including phenoxy) is 2. The number of rotatable bonds is 6. The Labute approximate surface area is 156 Å². The van der Waals surface area contributed by atoms with Crippen LogP contribution >= 0.6 is 0 Å². The number of halogens is 3. The molecule has 2 fully saturated rings. The van der Waals surface area contributed by atoms with Crippen LogP contribution < -0.4 is 10.2 Å². The predicted molar refractivity (Wildman–Crippen MR) is 95.9 cm³/mol. The van der Waals surface area contributed by atoms with Crippen molar-refractivity contribution in [3.63, 3.8) is 0 Å². The number of alkyl halides is 3. The number of hydrogen-bond donors (Lipinski definition) is 1. The first kappa shape index (κ1) is 19.9. The molecule has 5 nitrogen and oxygen atoms in total. The minimum Gasteiger partial charge on any atom is -0.376 e. The fraction of sp³-hybridized carbons (Fsp3) is 0.632. The van der Waals surface area contributed by atoms with Gasteiger partial charge in [-0.3, -0.25) is 4.79 Å². The van der Waals surface area contributed by atoms with Crippen molar-refractivity contribution in [3.8, 4) is 0 Å². The van der Waals surface area contributed by atoms with Crippen molar-refractivity contribution >= 4 is 17.3 Å². The summed E-state index contributed by atoms with van der Waals surface area (Å²) in [6.45, 7) is 2.34. The van der Waals surface area contributed by atoms with Gasteiger partial charge in [-0.15, -0.1) is 0 Å². The highest BCUT2D eigenvalue weighted by atomic mass is 19.4. The Hall–Kier alpha value is -1.80. The zero-order valence-electron chi connectivity index (χ0n) is 15.2. The van der Waals surface area contributed by atoms with E-state index in [1.807, 2.05) is 4.90 Å². The van der Waals surface area contributed by atoms with Gasteiger partial charge < -0.3 is 19.7 Å². The van der Waals surface area contributed by atoms with Crippen LogP contribution in [-0.4, -0.2) is 44.9 Å². The second-order valence-corrected chi connectivity index (χ2v) is 6.98. The summed E-state index contributed by atoms with van der Waals surface area (Å²) in [5, 5.41) is 2.60. The standard InChI is InChI=1S/C19H25F3N2O3/c20-19(21,22)14-6-7-17(24-8-2-1-3-9-24)16(11-14)23-18(25)13-26-12-15-5-4-10-27-15/h6-7,11,15H,1-5,8-10,12-13H2,(H,23,25). The van der Waals surface area contributed by atoms with E-state index in [0.717, 1.165) is 57.3 Å². The Balaban J connectivity index is 1.67. The number of anilines is 2. The number of carbonyl (C=O) groups excluding carboxylic acids is 1. The number of hydrogen-bond acceptors (Lipinski definition) is 4. The molecule has 0 aromatic heterocycles. The van der Waals surface area contributed by atoms with Gasteiger partial charge in [-0.2, -0.15) is 13.2 Å². The maximum atomic E-state index is 13.1. The fourth-order valence-corrected chi connectivity index (χ4v) is 3.47. The summed E-state index contributed by atoms with van der Waals surface area (Å²) in [5.74, 6) is -0.467. The van der Waals surface area contributed by atoms with E-state index in [0.29, 0.717) is 18.9 Å². The molecule has 1 N–H and O–H groups in total. The van der Waals surface area contributed by atoms with Gasteiger partial charge in [-0.25, -0.2) is 0 Å². The first-order valence-corrected chi connectivity index (χ1v) is 9.39. The highest BCUT2D eigenvalue weighted by molar-refractivity contribution is 5.95. The molecule has 0 radical (unpaired) electrons. The molecule has 1 aromatic carbocycles. The van der Waals surface area contributed by atoms with E-state index in [9.17, 15) is 18.0 Å². The third-order valence-electron chi connectivity index (χ3n) is 4.86. The second kappa shape index (κ2) is 8.93. The van der Waals surface area contributed by atoms with Crippen LogP contribution in [0.25, 0.3) is 0 Å². The molecule has 150 valence electrons. The van der Waals surface area contributed by atoms with Gasteiger partial charge >= 0.3 is 6.18 Å². The summed E-state index contributed by atoms with van der Waals surface area (Å²) in [4.78, 5) is 14.2. The Morgan fingerprint density at radius 1 is 1.22 bits per heavy atom. The van der Waals surface area contributed by atoms with E-state index in [1.54, 1.807) is 0 Å². The fourth-order valence-electron chi connectivity index (χ4n) is 3.47. The van der Waals surface area contributed by atoms with Crippen LogP contribution in [0, 0.1) is 0 Å². The van der Waals surface area contributed by atoms with E-state index in [-0.39, 0.29) is 18.4 Å². The van der Waals surface area contributed by atoms with Crippen molar-refractivity contribution < 1.29 is 27.4 Å². The van der Waals surface area contributed by atoms with Crippen molar-refractivity contribution in [2.24, 2.45) is 0 Å². The number of nitrogens with one attached hydrogen (secondary N) is 1. The molecule has 2 saturated heterocycles.